The van der Waals surface area contributed by atoms with Crippen molar-refractivity contribution in [3.8, 4) is 0 Å². The fourth-order valence-corrected chi connectivity index (χ4v) is 2.75. The van der Waals surface area contributed by atoms with E-state index in [0.717, 1.165) is 43.9 Å². The second-order valence-electron chi connectivity index (χ2n) is 5.74. The number of carbonyl (C=O) groups is 1. The number of H-pyrrole nitrogens is 1. The quantitative estimate of drug-likeness (QED) is 0.867. The number of nitrogens with zero attached hydrogens (tertiary/aromatic N) is 2. The molecule has 0 saturated carbocycles. The minimum atomic E-state index is 0.228. The SMILES string of the molecule is CCCC(=O)N1CCC(N[C@H](C)c2ncc(C)[nH]2)CC1. The van der Waals surface area contributed by atoms with Gasteiger partial charge in [-0.3, -0.25) is 4.79 Å². The molecule has 112 valence electrons. The maximum Gasteiger partial charge on any atom is 0.222 e. The van der Waals surface area contributed by atoms with E-state index in [2.05, 4.69) is 29.1 Å². The smallest absolute Gasteiger partial charge is 0.222 e. The largest absolute Gasteiger partial charge is 0.345 e. The molecule has 0 spiro atoms. The first-order valence-electron chi connectivity index (χ1n) is 7.65. The number of piperidine rings is 1. The molecule has 2 heterocycles. The lowest BCUT2D eigenvalue weighted by atomic mass is 10.0. The number of imidazole rings is 1. The number of amides is 1. The summed E-state index contributed by atoms with van der Waals surface area (Å²) >= 11 is 0. The van der Waals surface area contributed by atoms with Gasteiger partial charge in [0.2, 0.25) is 5.91 Å². The molecule has 0 aromatic carbocycles. The van der Waals surface area contributed by atoms with Gasteiger partial charge in [0.1, 0.15) is 5.82 Å². The van der Waals surface area contributed by atoms with Crippen molar-refractivity contribution < 1.29 is 4.79 Å². The Hall–Kier alpha value is -1.36. The zero-order chi connectivity index (χ0) is 14.5. The summed E-state index contributed by atoms with van der Waals surface area (Å²) in [4.78, 5) is 21.5. The maximum atomic E-state index is 11.8. The topological polar surface area (TPSA) is 61.0 Å². The van der Waals surface area contributed by atoms with Gasteiger partial charge in [-0.2, -0.15) is 0 Å². The van der Waals surface area contributed by atoms with Gasteiger partial charge < -0.3 is 15.2 Å². The molecule has 0 radical (unpaired) electrons. The van der Waals surface area contributed by atoms with Gasteiger partial charge in [-0.15, -0.1) is 0 Å². The molecule has 1 aromatic heterocycles. The first-order valence-corrected chi connectivity index (χ1v) is 7.65. The van der Waals surface area contributed by atoms with E-state index in [1.807, 2.05) is 18.0 Å². The average Bonchev–Trinajstić information content (AvgIpc) is 2.86. The van der Waals surface area contributed by atoms with E-state index < -0.39 is 0 Å². The van der Waals surface area contributed by atoms with Gasteiger partial charge in [0.05, 0.1) is 6.04 Å². The molecule has 1 saturated heterocycles. The Bertz CT molecular complexity index is 435. The number of nitrogens with one attached hydrogen (secondary N) is 2. The number of hydrogen-bond donors (Lipinski definition) is 2. The zero-order valence-electron chi connectivity index (χ0n) is 12.8. The van der Waals surface area contributed by atoms with Crippen molar-refractivity contribution in [1.29, 1.82) is 0 Å². The molecule has 0 unspecified atom stereocenters. The molecule has 0 bridgehead atoms. The van der Waals surface area contributed by atoms with Crippen LogP contribution in [0.4, 0.5) is 0 Å². The summed E-state index contributed by atoms with van der Waals surface area (Å²) in [7, 11) is 0. The van der Waals surface area contributed by atoms with Crippen molar-refractivity contribution in [3.63, 3.8) is 0 Å². The van der Waals surface area contributed by atoms with Gasteiger partial charge in [-0.25, -0.2) is 4.98 Å². The van der Waals surface area contributed by atoms with Crippen LogP contribution in [-0.2, 0) is 4.79 Å². The number of likely N-dealkylation sites (tertiary alicyclic amines) is 1. The Balaban J connectivity index is 1.78. The van der Waals surface area contributed by atoms with E-state index in [1.54, 1.807) is 0 Å². The van der Waals surface area contributed by atoms with Crippen molar-refractivity contribution in [2.24, 2.45) is 0 Å². The van der Waals surface area contributed by atoms with Crippen LogP contribution in [0.25, 0.3) is 0 Å². The van der Waals surface area contributed by atoms with Crippen LogP contribution in [-0.4, -0.2) is 39.9 Å². The van der Waals surface area contributed by atoms with Crippen molar-refractivity contribution >= 4 is 5.91 Å². The molecule has 2 N–H and O–H groups in total. The van der Waals surface area contributed by atoms with E-state index in [9.17, 15) is 4.79 Å². The van der Waals surface area contributed by atoms with Crippen molar-refractivity contribution in [2.75, 3.05) is 13.1 Å². The molecule has 5 heteroatoms. The van der Waals surface area contributed by atoms with Crippen molar-refractivity contribution in [2.45, 2.75) is 58.5 Å². The minimum absolute atomic E-state index is 0.228. The van der Waals surface area contributed by atoms with Crippen LogP contribution in [0.3, 0.4) is 0 Å². The van der Waals surface area contributed by atoms with Crippen molar-refractivity contribution in [1.82, 2.24) is 20.2 Å². The second-order valence-corrected chi connectivity index (χ2v) is 5.74. The maximum absolute atomic E-state index is 11.8. The van der Waals surface area contributed by atoms with Gasteiger partial charge in [-0.05, 0) is 33.1 Å². The van der Waals surface area contributed by atoms with E-state index >= 15 is 0 Å². The average molecular weight is 278 g/mol. The molecule has 0 aliphatic carbocycles. The van der Waals surface area contributed by atoms with Crippen LogP contribution in [0, 0.1) is 6.92 Å². The van der Waals surface area contributed by atoms with Gasteiger partial charge in [0.15, 0.2) is 0 Å². The Morgan fingerprint density at radius 3 is 2.80 bits per heavy atom. The van der Waals surface area contributed by atoms with E-state index in [4.69, 9.17) is 0 Å². The Kier molecular flexibility index (Phi) is 5.17. The van der Waals surface area contributed by atoms with Crippen LogP contribution in [0.5, 0.6) is 0 Å². The highest BCUT2D eigenvalue weighted by Gasteiger charge is 2.23. The van der Waals surface area contributed by atoms with Crippen molar-refractivity contribution in [3.05, 3.63) is 17.7 Å². The third kappa shape index (κ3) is 3.82. The number of aromatic nitrogens is 2. The summed E-state index contributed by atoms with van der Waals surface area (Å²) in [6.45, 7) is 7.95. The number of hydrogen-bond acceptors (Lipinski definition) is 3. The van der Waals surface area contributed by atoms with Gasteiger partial charge >= 0.3 is 0 Å². The monoisotopic (exact) mass is 278 g/mol. The number of aromatic amines is 1. The molecule has 1 atom stereocenters. The third-order valence-corrected chi connectivity index (χ3v) is 3.93. The molecule has 2 rings (SSSR count). The molecular formula is C15H26N4O. The fourth-order valence-electron chi connectivity index (χ4n) is 2.75. The molecule has 1 aromatic rings. The molecule has 5 nitrogen and oxygen atoms in total. The van der Waals surface area contributed by atoms with Gasteiger partial charge in [-0.1, -0.05) is 6.92 Å². The second kappa shape index (κ2) is 6.88. The molecule has 1 fully saturated rings. The van der Waals surface area contributed by atoms with Crippen LogP contribution in [0.1, 0.15) is 57.1 Å². The first kappa shape index (κ1) is 15.0. The van der Waals surface area contributed by atoms with Crippen LogP contribution < -0.4 is 5.32 Å². The predicted octanol–water partition coefficient (Wildman–Crippen LogP) is 2.16. The molecule has 1 amide bonds. The molecule has 1 aliphatic rings. The predicted molar refractivity (Wildman–Crippen MR) is 79.4 cm³/mol. The number of rotatable bonds is 5. The normalized spacial score (nSPS) is 18.2. The first-order chi connectivity index (χ1) is 9.60. The third-order valence-electron chi connectivity index (χ3n) is 3.93. The summed E-state index contributed by atoms with van der Waals surface area (Å²) in [5.41, 5.74) is 1.09. The zero-order valence-corrected chi connectivity index (χ0v) is 12.8. The molecule has 1 aliphatic heterocycles. The Morgan fingerprint density at radius 2 is 2.25 bits per heavy atom. The lowest BCUT2D eigenvalue weighted by Gasteiger charge is -2.33. The number of carbonyl (C=O) groups excluding carboxylic acids is 1. The summed E-state index contributed by atoms with van der Waals surface area (Å²) in [5.74, 6) is 1.30. The van der Waals surface area contributed by atoms with Crippen LogP contribution in [0.2, 0.25) is 0 Å². The minimum Gasteiger partial charge on any atom is -0.345 e. The summed E-state index contributed by atoms with van der Waals surface area (Å²) in [6, 6.07) is 0.702. The lowest BCUT2D eigenvalue weighted by Crippen LogP contribution is -2.45. The highest BCUT2D eigenvalue weighted by atomic mass is 16.2. The van der Waals surface area contributed by atoms with Crippen LogP contribution in [0.15, 0.2) is 6.20 Å². The van der Waals surface area contributed by atoms with E-state index in [0.29, 0.717) is 18.4 Å². The van der Waals surface area contributed by atoms with Crippen LogP contribution >= 0.6 is 0 Å². The fraction of sp³-hybridized carbons (Fsp3) is 0.733. The highest BCUT2D eigenvalue weighted by Crippen LogP contribution is 2.16. The van der Waals surface area contributed by atoms with E-state index in [1.165, 1.54) is 0 Å². The standard InChI is InChI=1S/C15H26N4O/c1-4-5-14(20)19-8-6-13(7-9-19)18-12(3)15-16-10-11(2)17-15/h10,12-13,18H,4-9H2,1-3H3,(H,16,17)/t12-/m1/s1. The van der Waals surface area contributed by atoms with Gasteiger partial charge in [0.25, 0.3) is 0 Å². The summed E-state index contributed by atoms with van der Waals surface area (Å²) < 4.78 is 0. The van der Waals surface area contributed by atoms with Gasteiger partial charge in [0, 0.05) is 37.4 Å². The summed E-state index contributed by atoms with van der Waals surface area (Å²) in [6.07, 6.45) is 5.53. The highest BCUT2D eigenvalue weighted by molar-refractivity contribution is 5.76. The molecular weight excluding hydrogens is 252 g/mol. The Morgan fingerprint density at radius 1 is 1.55 bits per heavy atom. The molecule has 20 heavy (non-hydrogen) atoms. The lowest BCUT2D eigenvalue weighted by molar-refractivity contribution is -0.132. The Labute approximate surface area is 121 Å². The number of aryl methyl sites for hydroxylation is 1. The summed E-state index contributed by atoms with van der Waals surface area (Å²) in [5, 5.41) is 3.61. The van der Waals surface area contributed by atoms with E-state index in [-0.39, 0.29) is 6.04 Å².